The number of nitrogens with zero attached hydrogens (tertiary/aromatic N) is 2. The smallest absolute Gasteiger partial charge is 0.230 e. The molecule has 0 aliphatic heterocycles. The van der Waals surface area contributed by atoms with E-state index in [1.807, 2.05) is 26.0 Å². The molecule has 2 rings (SSSR count). The van der Waals surface area contributed by atoms with Gasteiger partial charge in [-0.1, -0.05) is 18.7 Å². The summed E-state index contributed by atoms with van der Waals surface area (Å²) >= 11 is 1.39. The molecule has 0 fully saturated rings. The maximum absolute atomic E-state index is 11.6. The number of thioether (sulfide) groups is 1. The van der Waals surface area contributed by atoms with E-state index in [9.17, 15) is 4.79 Å². The molecule has 96 valence electrons. The average molecular weight is 264 g/mol. The molecule has 0 aliphatic carbocycles. The summed E-state index contributed by atoms with van der Waals surface area (Å²) in [4.78, 5) is 23.2. The van der Waals surface area contributed by atoms with Crippen molar-refractivity contribution in [2.75, 3.05) is 5.75 Å². The van der Waals surface area contributed by atoms with Gasteiger partial charge in [0.05, 0.1) is 11.3 Å². The number of fused-ring (bicyclic) bond motifs is 1. The number of aromatic amines is 1. The van der Waals surface area contributed by atoms with Gasteiger partial charge in [-0.05, 0) is 25.5 Å². The molecule has 1 atom stereocenters. The van der Waals surface area contributed by atoms with Crippen molar-refractivity contribution in [2.24, 2.45) is 0 Å². The van der Waals surface area contributed by atoms with Crippen molar-refractivity contribution in [1.29, 1.82) is 0 Å². The van der Waals surface area contributed by atoms with Gasteiger partial charge in [-0.15, -0.1) is 0 Å². The van der Waals surface area contributed by atoms with E-state index in [0.717, 1.165) is 17.1 Å². The van der Waals surface area contributed by atoms with Crippen molar-refractivity contribution in [3.8, 4) is 0 Å². The lowest BCUT2D eigenvalue weighted by atomic mass is 10.3. The van der Waals surface area contributed by atoms with Crippen LogP contribution in [0.1, 0.15) is 20.3 Å². The number of hydrogen-bond acceptors (Lipinski definition) is 4. The Morgan fingerprint density at radius 3 is 3.17 bits per heavy atom. The second kappa shape index (κ2) is 5.86. The Labute approximate surface area is 110 Å². The average Bonchev–Trinajstić information content (AvgIpc) is 2.79. The third-order valence-electron chi connectivity index (χ3n) is 2.60. The fraction of sp³-hybridized carbons (Fsp3) is 0.417. The van der Waals surface area contributed by atoms with Crippen LogP contribution in [0.4, 0.5) is 0 Å². The molecule has 0 saturated heterocycles. The molecule has 0 aromatic carbocycles. The fourth-order valence-electron chi connectivity index (χ4n) is 1.44. The third kappa shape index (κ3) is 3.22. The lowest BCUT2D eigenvalue weighted by Crippen LogP contribution is -2.33. The lowest BCUT2D eigenvalue weighted by molar-refractivity contribution is -0.119. The summed E-state index contributed by atoms with van der Waals surface area (Å²) in [5.74, 6) is 0.396. The molecule has 6 heteroatoms. The van der Waals surface area contributed by atoms with Crippen molar-refractivity contribution >= 4 is 28.8 Å². The number of H-pyrrole nitrogens is 1. The van der Waals surface area contributed by atoms with Crippen LogP contribution in [0.3, 0.4) is 0 Å². The standard InChI is InChI=1S/C12H16N4OS/c1-3-8(2)14-10(17)7-18-12-15-9-5-4-6-13-11(9)16-12/h4-6,8H,3,7H2,1-2H3,(H,14,17)(H,13,15,16)/t8-/m1/s1. The van der Waals surface area contributed by atoms with E-state index in [0.29, 0.717) is 11.4 Å². The fourth-order valence-corrected chi connectivity index (χ4v) is 2.13. The first-order valence-electron chi connectivity index (χ1n) is 5.92. The molecule has 2 N–H and O–H groups in total. The summed E-state index contributed by atoms with van der Waals surface area (Å²) in [5.41, 5.74) is 1.57. The first-order valence-corrected chi connectivity index (χ1v) is 6.90. The highest BCUT2D eigenvalue weighted by Gasteiger charge is 2.08. The number of rotatable bonds is 5. The number of carbonyl (C=O) groups is 1. The quantitative estimate of drug-likeness (QED) is 0.810. The van der Waals surface area contributed by atoms with E-state index in [2.05, 4.69) is 20.3 Å². The molecular formula is C12H16N4OS. The first-order chi connectivity index (χ1) is 8.69. The number of imidazole rings is 1. The second-order valence-electron chi connectivity index (χ2n) is 4.08. The molecule has 2 aromatic rings. The predicted octanol–water partition coefficient (Wildman–Crippen LogP) is 1.96. The molecule has 0 bridgehead atoms. The molecule has 0 unspecified atom stereocenters. The number of carbonyl (C=O) groups excluding carboxylic acids is 1. The summed E-state index contributed by atoms with van der Waals surface area (Å²) in [6.07, 6.45) is 2.64. The number of pyridine rings is 1. The van der Waals surface area contributed by atoms with Gasteiger partial charge in [-0.3, -0.25) is 4.79 Å². The van der Waals surface area contributed by atoms with Gasteiger partial charge in [0.1, 0.15) is 0 Å². The summed E-state index contributed by atoms with van der Waals surface area (Å²) in [6, 6.07) is 3.99. The van der Waals surface area contributed by atoms with Gasteiger partial charge in [-0.2, -0.15) is 0 Å². The summed E-state index contributed by atoms with van der Waals surface area (Å²) in [6.45, 7) is 4.04. The van der Waals surface area contributed by atoms with Gasteiger partial charge in [0, 0.05) is 12.2 Å². The molecule has 0 saturated carbocycles. The zero-order valence-corrected chi connectivity index (χ0v) is 11.3. The van der Waals surface area contributed by atoms with Crippen LogP contribution in [0.5, 0.6) is 0 Å². The van der Waals surface area contributed by atoms with E-state index in [1.165, 1.54) is 11.8 Å². The number of hydrogen-bond donors (Lipinski definition) is 2. The maximum atomic E-state index is 11.6. The molecule has 1 amide bonds. The molecule has 2 aromatic heterocycles. The zero-order chi connectivity index (χ0) is 13.0. The van der Waals surface area contributed by atoms with E-state index < -0.39 is 0 Å². The number of amides is 1. The minimum Gasteiger partial charge on any atom is -0.353 e. The summed E-state index contributed by atoms with van der Waals surface area (Å²) in [5, 5.41) is 3.64. The van der Waals surface area contributed by atoms with Gasteiger partial charge in [0.2, 0.25) is 5.91 Å². The van der Waals surface area contributed by atoms with Crippen LogP contribution >= 0.6 is 11.8 Å². The highest BCUT2D eigenvalue weighted by Crippen LogP contribution is 2.17. The summed E-state index contributed by atoms with van der Waals surface area (Å²) < 4.78 is 0. The Hall–Kier alpha value is -1.56. The second-order valence-corrected chi connectivity index (χ2v) is 5.05. The minimum atomic E-state index is 0.0303. The van der Waals surface area contributed by atoms with Crippen LogP contribution in [-0.2, 0) is 4.79 Å². The SMILES string of the molecule is CC[C@@H](C)NC(=O)CSc1nc2ncccc2[nH]1. The van der Waals surface area contributed by atoms with Crippen molar-refractivity contribution in [2.45, 2.75) is 31.5 Å². The van der Waals surface area contributed by atoms with Crippen LogP contribution in [0, 0.1) is 0 Å². The van der Waals surface area contributed by atoms with Crippen LogP contribution in [-0.4, -0.2) is 32.7 Å². The monoisotopic (exact) mass is 264 g/mol. The molecule has 0 aliphatic rings. The Kier molecular flexibility index (Phi) is 4.19. The van der Waals surface area contributed by atoms with Gasteiger partial charge in [-0.25, -0.2) is 9.97 Å². The van der Waals surface area contributed by atoms with Crippen molar-refractivity contribution in [3.63, 3.8) is 0 Å². The van der Waals surface area contributed by atoms with Crippen LogP contribution in [0.25, 0.3) is 11.2 Å². The Morgan fingerprint density at radius 1 is 1.61 bits per heavy atom. The third-order valence-corrected chi connectivity index (χ3v) is 3.47. The van der Waals surface area contributed by atoms with Gasteiger partial charge in [0.25, 0.3) is 0 Å². The molecular weight excluding hydrogens is 248 g/mol. The number of aromatic nitrogens is 3. The molecule has 0 spiro atoms. The largest absolute Gasteiger partial charge is 0.353 e. The maximum Gasteiger partial charge on any atom is 0.230 e. The van der Waals surface area contributed by atoms with E-state index in [4.69, 9.17) is 0 Å². The number of nitrogens with one attached hydrogen (secondary N) is 2. The highest BCUT2D eigenvalue weighted by atomic mass is 32.2. The Balaban J connectivity index is 1.92. The lowest BCUT2D eigenvalue weighted by Gasteiger charge is -2.10. The van der Waals surface area contributed by atoms with Crippen molar-refractivity contribution in [1.82, 2.24) is 20.3 Å². The van der Waals surface area contributed by atoms with E-state index >= 15 is 0 Å². The van der Waals surface area contributed by atoms with E-state index in [1.54, 1.807) is 6.20 Å². The van der Waals surface area contributed by atoms with Crippen molar-refractivity contribution in [3.05, 3.63) is 18.3 Å². The molecule has 2 heterocycles. The van der Waals surface area contributed by atoms with Crippen LogP contribution < -0.4 is 5.32 Å². The molecule has 5 nitrogen and oxygen atoms in total. The van der Waals surface area contributed by atoms with Crippen LogP contribution in [0.15, 0.2) is 23.5 Å². The topological polar surface area (TPSA) is 70.7 Å². The summed E-state index contributed by atoms with van der Waals surface area (Å²) in [7, 11) is 0. The molecule has 18 heavy (non-hydrogen) atoms. The van der Waals surface area contributed by atoms with Gasteiger partial charge >= 0.3 is 0 Å². The predicted molar refractivity (Wildman–Crippen MR) is 72.5 cm³/mol. The van der Waals surface area contributed by atoms with Crippen molar-refractivity contribution < 1.29 is 4.79 Å². The normalized spacial score (nSPS) is 12.6. The Morgan fingerprint density at radius 2 is 2.44 bits per heavy atom. The van der Waals surface area contributed by atoms with Gasteiger partial charge < -0.3 is 10.3 Å². The zero-order valence-electron chi connectivity index (χ0n) is 10.4. The first kappa shape index (κ1) is 12.9. The highest BCUT2D eigenvalue weighted by molar-refractivity contribution is 7.99. The van der Waals surface area contributed by atoms with Gasteiger partial charge in [0.15, 0.2) is 10.8 Å². The molecule has 0 radical (unpaired) electrons. The van der Waals surface area contributed by atoms with Crippen LogP contribution in [0.2, 0.25) is 0 Å². The Bertz CT molecular complexity index is 507. The van der Waals surface area contributed by atoms with E-state index in [-0.39, 0.29) is 11.9 Å². The minimum absolute atomic E-state index is 0.0303.